The molecule has 2 unspecified atom stereocenters. The third kappa shape index (κ3) is 2.07. The molecule has 2 atom stereocenters. The summed E-state index contributed by atoms with van der Waals surface area (Å²) in [7, 11) is 0. The Morgan fingerprint density at radius 2 is 2.06 bits per heavy atom. The highest BCUT2D eigenvalue weighted by atomic mass is 19.2. The van der Waals surface area contributed by atoms with Gasteiger partial charge in [-0.25, -0.2) is 8.78 Å². The topological polar surface area (TPSA) is 29.5 Å². The fourth-order valence-corrected chi connectivity index (χ4v) is 2.22. The highest BCUT2D eigenvalue weighted by Crippen LogP contribution is 2.38. The van der Waals surface area contributed by atoms with Crippen LogP contribution in [0.15, 0.2) is 12.1 Å². The predicted octanol–water partition coefficient (Wildman–Crippen LogP) is 2.88. The van der Waals surface area contributed by atoms with Gasteiger partial charge in [-0.15, -0.1) is 0 Å². The summed E-state index contributed by atoms with van der Waals surface area (Å²) in [5.41, 5.74) is -0.615. The van der Waals surface area contributed by atoms with Gasteiger partial charge in [0, 0.05) is 12.2 Å². The van der Waals surface area contributed by atoms with Crippen molar-refractivity contribution in [1.29, 1.82) is 0 Å². The van der Waals surface area contributed by atoms with Crippen LogP contribution in [0.5, 0.6) is 0 Å². The molecule has 1 N–H and O–H groups in total. The summed E-state index contributed by atoms with van der Waals surface area (Å²) < 4.78 is 32.6. The molecule has 0 radical (unpaired) electrons. The molecule has 0 amide bonds. The number of aryl methyl sites for hydroxylation is 1. The van der Waals surface area contributed by atoms with E-state index in [0.717, 1.165) is 6.42 Å². The van der Waals surface area contributed by atoms with Crippen LogP contribution in [0, 0.1) is 18.6 Å². The van der Waals surface area contributed by atoms with E-state index < -0.39 is 23.3 Å². The number of aliphatic hydroxyl groups is 1. The maximum Gasteiger partial charge on any atom is 0.164 e. The van der Waals surface area contributed by atoms with E-state index in [4.69, 9.17) is 4.74 Å². The van der Waals surface area contributed by atoms with Gasteiger partial charge in [0.05, 0.1) is 5.60 Å². The Balaban J connectivity index is 2.37. The molecule has 0 bridgehead atoms. The number of hydrogen-bond acceptors (Lipinski definition) is 2. The molecule has 0 spiro atoms. The zero-order valence-electron chi connectivity index (χ0n) is 9.96. The zero-order valence-corrected chi connectivity index (χ0v) is 9.96. The molecule has 0 aliphatic carbocycles. The molecule has 0 saturated carbocycles. The minimum atomic E-state index is -1.14. The lowest BCUT2D eigenvalue weighted by atomic mass is 9.89. The van der Waals surface area contributed by atoms with E-state index in [9.17, 15) is 13.9 Å². The van der Waals surface area contributed by atoms with Crippen molar-refractivity contribution in [1.82, 2.24) is 0 Å². The fraction of sp³-hybridized carbons (Fsp3) is 0.538. The van der Waals surface area contributed by atoms with Crippen molar-refractivity contribution < 1.29 is 18.6 Å². The van der Waals surface area contributed by atoms with E-state index in [1.165, 1.54) is 19.1 Å². The lowest BCUT2D eigenvalue weighted by Gasteiger charge is -2.29. The van der Waals surface area contributed by atoms with Crippen molar-refractivity contribution in [2.45, 2.75) is 38.4 Å². The van der Waals surface area contributed by atoms with Gasteiger partial charge in [-0.05, 0) is 32.3 Å². The molecule has 1 aliphatic heterocycles. The van der Waals surface area contributed by atoms with Gasteiger partial charge in [-0.1, -0.05) is 12.1 Å². The number of aliphatic hydroxyl groups excluding tert-OH is 1. The SMILES string of the molecule is Cc1ccc(C(O)C2(C)CCCO2)c(F)c1F. The summed E-state index contributed by atoms with van der Waals surface area (Å²) in [5, 5.41) is 10.1. The van der Waals surface area contributed by atoms with Crippen LogP contribution in [-0.4, -0.2) is 17.3 Å². The molecule has 1 saturated heterocycles. The van der Waals surface area contributed by atoms with Crippen LogP contribution in [0.1, 0.15) is 37.0 Å². The molecule has 1 fully saturated rings. The predicted molar refractivity (Wildman–Crippen MR) is 59.6 cm³/mol. The van der Waals surface area contributed by atoms with Crippen LogP contribution in [-0.2, 0) is 4.74 Å². The standard InChI is InChI=1S/C13H16F2O2/c1-8-4-5-9(11(15)10(8)14)12(16)13(2)6-3-7-17-13/h4-5,12,16H,3,6-7H2,1-2H3. The van der Waals surface area contributed by atoms with E-state index in [2.05, 4.69) is 0 Å². The van der Waals surface area contributed by atoms with Crippen LogP contribution in [0.2, 0.25) is 0 Å². The van der Waals surface area contributed by atoms with E-state index >= 15 is 0 Å². The number of benzene rings is 1. The van der Waals surface area contributed by atoms with Gasteiger partial charge >= 0.3 is 0 Å². The first-order chi connectivity index (χ1) is 7.96. The van der Waals surface area contributed by atoms with Crippen LogP contribution in [0.3, 0.4) is 0 Å². The van der Waals surface area contributed by atoms with Crippen LogP contribution in [0.4, 0.5) is 8.78 Å². The molecule has 17 heavy (non-hydrogen) atoms. The van der Waals surface area contributed by atoms with Crippen molar-refractivity contribution >= 4 is 0 Å². The van der Waals surface area contributed by atoms with Crippen molar-refractivity contribution in [3.8, 4) is 0 Å². The second-order valence-electron chi connectivity index (χ2n) is 4.77. The normalized spacial score (nSPS) is 26.2. The molecule has 1 heterocycles. The van der Waals surface area contributed by atoms with Crippen molar-refractivity contribution in [3.05, 3.63) is 34.9 Å². The van der Waals surface area contributed by atoms with Crippen molar-refractivity contribution in [3.63, 3.8) is 0 Å². The summed E-state index contributed by atoms with van der Waals surface area (Å²) in [6.45, 7) is 3.76. The smallest absolute Gasteiger partial charge is 0.164 e. The van der Waals surface area contributed by atoms with Crippen molar-refractivity contribution in [2.24, 2.45) is 0 Å². The van der Waals surface area contributed by atoms with Crippen LogP contribution in [0.25, 0.3) is 0 Å². The van der Waals surface area contributed by atoms with Gasteiger partial charge in [0.15, 0.2) is 11.6 Å². The van der Waals surface area contributed by atoms with E-state index in [-0.39, 0.29) is 11.1 Å². The van der Waals surface area contributed by atoms with E-state index in [1.54, 1.807) is 6.92 Å². The fourth-order valence-electron chi connectivity index (χ4n) is 2.22. The Morgan fingerprint density at radius 3 is 2.65 bits per heavy atom. The third-order valence-corrected chi connectivity index (χ3v) is 3.43. The Labute approximate surface area is 99.2 Å². The van der Waals surface area contributed by atoms with Gasteiger partial charge in [-0.3, -0.25) is 0 Å². The molecular formula is C13H16F2O2. The quantitative estimate of drug-likeness (QED) is 0.864. The first-order valence-corrected chi connectivity index (χ1v) is 5.72. The molecule has 1 aliphatic rings. The van der Waals surface area contributed by atoms with Gasteiger partial charge < -0.3 is 9.84 Å². The average Bonchev–Trinajstić information content (AvgIpc) is 2.74. The minimum Gasteiger partial charge on any atom is -0.385 e. The third-order valence-electron chi connectivity index (χ3n) is 3.43. The molecular weight excluding hydrogens is 226 g/mol. The summed E-state index contributed by atoms with van der Waals surface area (Å²) in [5.74, 6) is -1.88. The largest absolute Gasteiger partial charge is 0.385 e. The van der Waals surface area contributed by atoms with Crippen LogP contribution >= 0.6 is 0 Å². The molecule has 0 aromatic heterocycles. The lowest BCUT2D eigenvalue weighted by molar-refractivity contribution is -0.0810. The number of ether oxygens (including phenoxy) is 1. The minimum absolute atomic E-state index is 0.0301. The van der Waals surface area contributed by atoms with Gasteiger partial charge in [-0.2, -0.15) is 0 Å². The molecule has 1 aromatic rings. The summed E-state index contributed by atoms with van der Waals surface area (Å²) >= 11 is 0. The van der Waals surface area contributed by atoms with Gasteiger partial charge in [0.1, 0.15) is 6.10 Å². The zero-order chi connectivity index (χ0) is 12.6. The van der Waals surface area contributed by atoms with Crippen LogP contribution < -0.4 is 0 Å². The molecule has 1 aromatic carbocycles. The lowest BCUT2D eigenvalue weighted by Crippen LogP contribution is -2.32. The maximum absolute atomic E-state index is 13.7. The second-order valence-corrected chi connectivity index (χ2v) is 4.77. The molecule has 2 rings (SSSR count). The van der Waals surface area contributed by atoms with E-state index in [0.29, 0.717) is 13.0 Å². The average molecular weight is 242 g/mol. The second kappa shape index (κ2) is 4.35. The number of hydrogen-bond donors (Lipinski definition) is 1. The first-order valence-electron chi connectivity index (χ1n) is 5.72. The Kier molecular flexibility index (Phi) is 3.19. The van der Waals surface area contributed by atoms with E-state index in [1.807, 2.05) is 0 Å². The summed E-state index contributed by atoms with van der Waals surface area (Å²) in [4.78, 5) is 0. The maximum atomic E-state index is 13.7. The van der Waals surface area contributed by atoms with Crippen molar-refractivity contribution in [2.75, 3.05) is 6.61 Å². The van der Waals surface area contributed by atoms with Gasteiger partial charge in [0.2, 0.25) is 0 Å². The molecule has 2 nitrogen and oxygen atoms in total. The summed E-state index contributed by atoms with van der Waals surface area (Å²) in [6.07, 6.45) is 0.326. The number of halogens is 2. The number of rotatable bonds is 2. The monoisotopic (exact) mass is 242 g/mol. The van der Waals surface area contributed by atoms with Gasteiger partial charge in [0.25, 0.3) is 0 Å². The highest BCUT2D eigenvalue weighted by Gasteiger charge is 2.39. The first kappa shape index (κ1) is 12.5. The Hall–Kier alpha value is -1.00. The summed E-state index contributed by atoms with van der Waals surface area (Å²) in [6, 6.07) is 2.89. The molecule has 94 valence electrons. The highest BCUT2D eigenvalue weighted by molar-refractivity contribution is 5.28. The molecule has 4 heteroatoms. The Morgan fingerprint density at radius 1 is 1.35 bits per heavy atom. The Bertz CT molecular complexity index is 426.